The van der Waals surface area contributed by atoms with Gasteiger partial charge in [-0.1, -0.05) is 16.8 Å². The van der Waals surface area contributed by atoms with Gasteiger partial charge in [0.1, 0.15) is 17.7 Å². The highest BCUT2D eigenvalue weighted by Crippen LogP contribution is 2.29. The van der Waals surface area contributed by atoms with Crippen LogP contribution in [-0.4, -0.2) is 12.3 Å². The Morgan fingerprint density at radius 2 is 2.21 bits per heavy atom. The Morgan fingerprint density at radius 3 is 2.79 bits per heavy atom. The average molecular weight is 210 g/mol. The van der Waals surface area contributed by atoms with E-state index >= 15 is 0 Å². The van der Waals surface area contributed by atoms with E-state index in [0.717, 1.165) is 11.3 Å². The van der Waals surface area contributed by atoms with Crippen LogP contribution >= 0.6 is 11.6 Å². The third-order valence-corrected chi connectivity index (χ3v) is 2.18. The number of rotatable bonds is 2. The van der Waals surface area contributed by atoms with Crippen molar-refractivity contribution < 1.29 is 9.26 Å². The predicted molar refractivity (Wildman–Crippen MR) is 53.5 cm³/mol. The second kappa shape index (κ2) is 3.72. The van der Waals surface area contributed by atoms with Gasteiger partial charge in [0.25, 0.3) is 0 Å². The van der Waals surface area contributed by atoms with Crippen LogP contribution in [0, 0.1) is 0 Å². The van der Waals surface area contributed by atoms with Gasteiger partial charge in [-0.25, -0.2) is 0 Å². The molecule has 1 aromatic heterocycles. The summed E-state index contributed by atoms with van der Waals surface area (Å²) >= 11 is 5.96. The molecule has 3 nitrogen and oxygen atoms in total. The van der Waals surface area contributed by atoms with E-state index in [2.05, 4.69) is 5.16 Å². The van der Waals surface area contributed by atoms with E-state index in [-0.39, 0.29) is 0 Å². The molecule has 1 heterocycles. The quantitative estimate of drug-likeness (QED) is 0.763. The lowest BCUT2D eigenvalue weighted by Crippen LogP contribution is -1.84. The average Bonchev–Trinajstić information content (AvgIpc) is 2.70. The zero-order valence-electron chi connectivity index (χ0n) is 7.53. The number of hydrogen-bond acceptors (Lipinski definition) is 3. The van der Waals surface area contributed by atoms with E-state index in [4.69, 9.17) is 20.9 Å². The van der Waals surface area contributed by atoms with Gasteiger partial charge in [0.05, 0.1) is 12.1 Å². The molecule has 72 valence electrons. The van der Waals surface area contributed by atoms with E-state index < -0.39 is 0 Å². The summed E-state index contributed by atoms with van der Waals surface area (Å²) in [7, 11) is 1.58. The Hall–Kier alpha value is -1.48. The monoisotopic (exact) mass is 209 g/mol. The zero-order valence-corrected chi connectivity index (χ0v) is 8.28. The predicted octanol–water partition coefficient (Wildman–Crippen LogP) is 3.00. The van der Waals surface area contributed by atoms with Crippen LogP contribution < -0.4 is 4.74 Å². The van der Waals surface area contributed by atoms with Crippen LogP contribution in [0.3, 0.4) is 0 Å². The minimum absolute atomic E-state index is 0.563. The first-order valence-electron chi connectivity index (χ1n) is 4.05. The summed E-state index contributed by atoms with van der Waals surface area (Å²) in [6.45, 7) is 0. The van der Waals surface area contributed by atoms with Gasteiger partial charge in [-0.3, -0.25) is 0 Å². The standard InChI is InChI=1S/C10H8ClNO2/c1-13-10-3-2-7(6-8(10)11)9-4-5-14-12-9/h2-6H,1H3. The fourth-order valence-corrected chi connectivity index (χ4v) is 1.44. The van der Waals surface area contributed by atoms with Gasteiger partial charge in [0, 0.05) is 11.6 Å². The van der Waals surface area contributed by atoms with Crippen molar-refractivity contribution in [2.45, 2.75) is 0 Å². The highest BCUT2D eigenvalue weighted by Gasteiger charge is 2.05. The number of hydrogen-bond donors (Lipinski definition) is 0. The van der Waals surface area contributed by atoms with Crippen molar-refractivity contribution in [2.24, 2.45) is 0 Å². The molecule has 0 radical (unpaired) electrons. The lowest BCUT2D eigenvalue weighted by Gasteiger charge is -2.03. The number of ether oxygens (including phenoxy) is 1. The van der Waals surface area contributed by atoms with E-state index in [1.807, 2.05) is 6.07 Å². The lowest BCUT2D eigenvalue weighted by molar-refractivity contribution is 0.415. The molecule has 0 saturated heterocycles. The molecule has 0 bridgehead atoms. The maximum Gasteiger partial charge on any atom is 0.137 e. The van der Waals surface area contributed by atoms with Crippen molar-refractivity contribution in [3.63, 3.8) is 0 Å². The molecule has 2 rings (SSSR count). The van der Waals surface area contributed by atoms with Gasteiger partial charge in [0.2, 0.25) is 0 Å². The third-order valence-electron chi connectivity index (χ3n) is 1.89. The van der Waals surface area contributed by atoms with Gasteiger partial charge in [0.15, 0.2) is 0 Å². The highest BCUT2D eigenvalue weighted by atomic mass is 35.5. The van der Waals surface area contributed by atoms with E-state index in [1.54, 1.807) is 25.3 Å². The Labute approximate surface area is 86.2 Å². The second-order valence-electron chi connectivity index (χ2n) is 2.73. The molecule has 0 unspecified atom stereocenters. The lowest BCUT2D eigenvalue weighted by atomic mass is 10.1. The van der Waals surface area contributed by atoms with Crippen molar-refractivity contribution in [3.8, 4) is 17.0 Å². The van der Waals surface area contributed by atoms with E-state index in [1.165, 1.54) is 6.26 Å². The molecule has 2 aromatic rings. The molecule has 14 heavy (non-hydrogen) atoms. The van der Waals surface area contributed by atoms with Crippen LogP contribution in [-0.2, 0) is 0 Å². The van der Waals surface area contributed by atoms with Crippen molar-refractivity contribution in [2.75, 3.05) is 7.11 Å². The van der Waals surface area contributed by atoms with Gasteiger partial charge < -0.3 is 9.26 Å². The first-order chi connectivity index (χ1) is 6.81. The van der Waals surface area contributed by atoms with E-state index in [9.17, 15) is 0 Å². The molecule has 0 atom stereocenters. The fourth-order valence-electron chi connectivity index (χ4n) is 1.19. The van der Waals surface area contributed by atoms with Crippen LogP contribution in [0.1, 0.15) is 0 Å². The minimum atomic E-state index is 0.563. The van der Waals surface area contributed by atoms with Crippen LogP contribution in [0.25, 0.3) is 11.3 Å². The molecule has 0 aliphatic carbocycles. The summed E-state index contributed by atoms with van der Waals surface area (Å²) in [5.74, 6) is 0.652. The first-order valence-corrected chi connectivity index (χ1v) is 4.43. The molecule has 0 fully saturated rings. The van der Waals surface area contributed by atoms with Gasteiger partial charge in [-0.05, 0) is 18.2 Å². The molecule has 0 amide bonds. The minimum Gasteiger partial charge on any atom is -0.495 e. The Kier molecular flexibility index (Phi) is 2.41. The molecule has 0 aliphatic rings. The largest absolute Gasteiger partial charge is 0.495 e. The van der Waals surface area contributed by atoms with Gasteiger partial charge >= 0.3 is 0 Å². The van der Waals surface area contributed by atoms with Crippen molar-refractivity contribution in [1.82, 2.24) is 5.16 Å². The smallest absolute Gasteiger partial charge is 0.137 e. The summed E-state index contributed by atoms with van der Waals surface area (Å²) in [6.07, 6.45) is 1.52. The zero-order chi connectivity index (χ0) is 9.97. The topological polar surface area (TPSA) is 35.3 Å². The molecular formula is C10H8ClNO2. The summed E-state index contributed by atoms with van der Waals surface area (Å²) in [6, 6.07) is 7.24. The van der Waals surface area contributed by atoms with Crippen LogP contribution in [0.5, 0.6) is 5.75 Å². The Morgan fingerprint density at radius 1 is 1.36 bits per heavy atom. The molecule has 1 aromatic carbocycles. The normalized spacial score (nSPS) is 10.1. The number of methoxy groups -OCH3 is 1. The molecule has 0 N–H and O–H groups in total. The van der Waals surface area contributed by atoms with Crippen molar-refractivity contribution >= 4 is 11.6 Å². The highest BCUT2D eigenvalue weighted by molar-refractivity contribution is 6.32. The van der Waals surface area contributed by atoms with Crippen molar-refractivity contribution in [1.29, 1.82) is 0 Å². The first kappa shape index (κ1) is 9.09. The molecule has 0 aliphatic heterocycles. The summed E-state index contributed by atoms with van der Waals surface area (Å²) in [5.41, 5.74) is 1.67. The Balaban J connectivity index is 2.43. The molecule has 0 saturated carbocycles. The Bertz CT molecular complexity index is 426. The summed E-state index contributed by atoms with van der Waals surface area (Å²) in [5, 5.41) is 4.37. The van der Waals surface area contributed by atoms with Crippen molar-refractivity contribution in [3.05, 3.63) is 35.6 Å². The fraction of sp³-hybridized carbons (Fsp3) is 0.100. The van der Waals surface area contributed by atoms with Crippen LogP contribution in [0.2, 0.25) is 5.02 Å². The molecule has 0 spiro atoms. The van der Waals surface area contributed by atoms with Gasteiger partial charge in [-0.2, -0.15) is 0 Å². The SMILES string of the molecule is COc1ccc(-c2ccon2)cc1Cl. The summed E-state index contributed by atoms with van der Waals surface area (Å²) in [4.78, 5) is 0. The van der Waals surface area contributed by atoms with Crippen LogP contribution in [0.4, 0.5) is 0 Å². The number of aromatic nitrogens is 1. The second-order valence-corrected chi connectivity index (χ2v) is 3.14. The molecular weight excluding hydrogens is 202 g/mol. The van der Waals surface area contributed by atoms with E-state index in [0.29, 0.717) is 10.8 Å². The summed E-state index contributed by atoms with van der Waals surface area (Å²) < 4.78 is 9.78. The van der Waals surface area contributed by atoms with Gasteiger partial charge in [-0.15, -0.1) is 0 Å². The van der Waals surface area contributed by atoms with Crippen LogP contribution in [0.15, 0.2) is 35.1 Å². The maximum atomic E-state index is 5.96. The molecule has 4 heteroatoms. The maximum absolute atomic E-state index is 5.96. The number of nitrogens with zero attached hydrogens (tertiary/aromatic N) is 1. The third kappa shape index (κ3) is 1.59. The number of benzene rings is 1. The number of halogens is 1.